The van der Waals surface area contributed by atoms with Gasteiger partial charge in [-0.25, -0.2) is 4.79 Å². The molecular formula is C11H16N2O4. The molecule has 2 unspecified atom stereocenters. The van der Waals surface area contributed by atoms with Gasteiger partial charge in [0, 0.05) is 24.5 Å². The summed E-state index contributed by atoms with van der Waals surface area (Å²) < 4.78 is 4.54. The van der Waals surface area contributed by atoms with Gasteiger partial charge in [-0.2, -0.15) is 0 Å². The van der Waals surface area contributed by atoms with E-state index in [0.29, 0.717) is 5.56 Å². The molecule has 1 rings (SSSR count). The van der Waals surface area contributed by atoms with E-state index in [1.165, 1.54) is 25.6 Å². The molecule has 0 saturated carbocycles. The van der Waals surface area contributed by atoms with Crippen molar-refractivity contribution >= 4 is 5.97 Å². The molecule has 0 radical (unpaired) electrons. The summed E-state index contributed by atoms with van der Waals surface area (Å²) in [4.78, 5) is 15.1. The van der Waals surface area contributed by atoms with Gasteiger partial charge in [0.05, 0.1) is 18.8 Å². The summed E-state index contributed by atoms with van der Waals surface area (Å²) in [5.74, 6) is -0.533. The summed E-state index contributed by atoms with van der Waals surface area (Å²) in [5, 5.41) is 22.2. The number of hydrogen-bond donors (Lipinski definition) is 3. The van der Waals surface area contributed by atoms with Gasteiger partial charge in [0.1, 0.15) is 6.10 Å². The lowest BCUT2D eigenvalue weighted by Gasteiger charge is -2.17. The Balaban J connectivity index is 2.87. The smallest absolute Gasteiger partial charge is 0.339 e. The van der Waals surface area contributed by atoms with Crippen LogP contribution < -0.4 is 5.32 Å². The van der Waals surface area contributed by atoms with E-state index in [1.807, 2.05) is 0 Å². The number of carbonyl (C=O) groups excluding carboxylic acids is 1. The average molecular weight is 240 g/mol. The maximum absolute atomic E-state index is 11.3. The third-order valence-electron chi connectivity index (χ3n) is 2.30. The Hall–Kier alpha value is -1.50. The van der Waals surface area contributed by atoms with Gasteiger partial charge in [0.15, 0.2) is 0 Å². The number of hydrogen-bond acceptors (Lipinski definition) is 6. The van der Waals surface area contributed by atoms with Crippen molar-refractivity contribution < 1.29 is 19.7 Å². The second-order valence-corrected chi connectivity index (χ2v) is 3.57. The molecule has 17 heavy (non-hydrogen) atoms. The Morgan fingerprint density at radius 3 is 2.82 bits per heavy atom. The average Bonchev–Trinajstić information content (AvgIpc) is 2.37. The normalized spacial score (nSPS) is 14.1. The molecule has 2 atom stereocenters. The van der Waals surface area contributed by atoms with E-state index >= 15 is 0 Å². The van der Waals surface area contributed by atoms with Gasteiger partial charge in [-0.05, 0) is 13.1 Å². The molecule has 0 fully saturated rings. The Bertz CT molecular complexity index is 383. The Labute approximate surface area is 99.3 Å². The van der Waals surface area contributed by atoms with Crippen molar-refractivity contribution in [1.82, 2.24) is 10.3 Å². The van der Waals surface area contributed by atoms with Crippen molar-refractivity contribution in [2.75, 3.05) is 20.7 Å². The molecule has 0 aliphatic heterocycles. The number of likely N-dealkylation sites (N-methyl/N-ethyl adjacent to an activating group) is 1. The quantitative estimate of drug-likeness (QED) is 0.600. The van der Waals surface area contributed by atoms with Crippen LogP contribution in [0.2, 0.25) is 0 Å². The topological polar surface area (TPSA) is 91.7 Å². The van der Waals surface area contributed by atoms with Crippen LogP contribution in [0.25, 0.3) is 0 Å². The van der Waals surface area contributed by atoms with E-state index in [0.717, 1.165) is 0 Å². The lowest BCUT2D eigenvalue weighted by atomic mass is 10.0. The Morgan fingerprint density at radius 1 is 1.53 bits per heavy atom. The maximum Gasteiger partial charge on any atom is 0.339 e. The van der Waals surface area contributed by atoms with Crippen LogP contribution in [0.3, 0.4) is 0 Å². The van der Waals surface area contributed by atoms with Crippen LogP contribution in [0, 0.1) is 0 Å². The molecule has 0 saturated heterocycles. The Kier molecular flexibility index (Phi) is 5.02. The van der Waals surface area contributed by atoms with Crippen molar-refractivity contribution in [1.29, 1.82) is 0 Å². The van der Waals surface area contributed by atoms with Crippen molar-refractivity contribution in [3.8, 4) is 0 Å². The number of nitrogens with zero attached hydrogens (tertiary/aromatic N) is 1. The zero-order valence-electron chi connectivity index (χ0n) is 9.75. The molecule has 0 aliphatic carbocycles. The van der Waals surface area contributed by atoms with Crippen LogP contribution in [-0.2, 0) is 4.74 Å². The highest BCUT2D eigenvalue weighted by Crippen LogP contribution is 2.17. The van der Waals surface area contributed by atoms with E-state index in [4.69, 9.17) is 0 Å². The molecule has 6 heteroatoms. The number of methoxy groups -OCH3 is 1. The van der Waals surface area contributed by atoms with Crippen molar-refractivity contribution in [3.05, 3.63) is 29.6 Å². The fraction of sp³-hybridized carbons (Fsp3) is 0.455. The highest BCUT2D eigenvalue weighted by Gasteiger charge is 2.19. The third-order valence-corrected chi connectivity index (χ3v) is 2.30. The molecule has 0 bridgehead atoms. The molecular weight excluding hydrogens is 224 g/mol. The standard InChI is InChI=1S/C11H16N2O4/c1-12-6-9(14)10(15)7-3-8(5-13-4-7)11(16)17-2/h3-5,9-10,12,14-15H,6H2,1-2H3. The predicted molar refractivity (Wildman–Crippen MR) is 60.5 cm³/mol. The highest BCUT2D eigenvalue weighted by atomic mass is 16.5. The lowest BCUT2D eigenvalue weighted by molar-refractivity contribution is 0.0199. The first kappa shape index (κ1) is 13.6. The minimum Gasteiger partial charge on any atom is -0.465 e. The zero-order valence-corrected chi connectivity index (χ0v) is 9.75. The molecule has 0 aliphatic rings. The van der Waals surface area contributed by atoms with Gasteiger partial charge in [0.2, 0.25) is 0 Å². The van der Waals surface area contributed by atoms with Crippen LogP contribution in [0.4, 0.5) is 0 Å². The molecule has 94 valence electrons. The summed E-state index contributed by atoms with van der Waals surface area (Å²) in [6.45, 7) is 0.240. The molecule has 1 heterocycles. The number of pyridine rings is 1. The first-order valence-electron chi connectivity index (χ1n) is 5.14. The van der Waals surface area contributed by atoms with E-state index in [-0.39, 0.29) is 12.1 Å². The third kappa shape index (κ3) is 3.48. The van der Waals surface area contributed by atoms with Gasteiger partial charge in [0.25, 0.3) is 0 Å². The van der Waals surface area contributed by atoms with Crippen LogP contribution in [0.5, 0.6) is 0 Å². The SMILES string of the molecule is CNCC(O)C(O)c1cncc(C(=O)OC)c1. The molecule has 3 N–H and O–H groups in total. The monoisotopic (exact) mass is 240 g/mol. The van der Waals surface area contributed by atoms with Gasteiger partial charge < -0.3 is 20.3 Å². The van der Waals surface area contributed by atoms with Crippen LogP contribution in [-0.4, -0.2) is 48.0 Å². The number of aliphatic hydroxyl groups is 2. The molecule has 1 aromatic rings. The number of esters is 1. The van der Waals surface area contributed by atoms with Crippen molar-refractivity contribution in [2.45, 2.75) is 12.2 Å². The van der Waals surface area contributed by atoms with Crippen molar-refractivity contribution in [2.24, 2.45) is 0 Å². The zero-order chi connectivity index (χ0) is 12.8. The van der Waals surface area contributed by atoms with E-state index in [1.54, 1.807) is 7.05 Å². The summed E-state index contributed by atoms with van der Waals surface area (Å²) >= 11 is 0. The maximum atomic E-state index is 11.3. The number of ether oxygens (including phenoxy) is 1. The van der Waals surface area contributed by atoms with E-state index < -0.39 is 18.2 Å². The van der Waals surface area contributed by atoms with E-state index in [9.17, 15) is 15.0 Å². The fourth-order valence-corrected chi connectivity index (χ4v) is 1.39. The van der Waals surface area contributed by atoms with Crippen LogP contribution in [0.1, 0.15) is 22.0 Å². The summed E-state index contributed by atoms with van der Waals surface area (Å²) in [6, 6.07) is 1.45. The minimum atomic E-state index is -1.10. The second-order valence-electron chi connectivity index (χ2n) is 3.57. The lowest BCUT2D eigenvalue weighted by Crippen LogP contribution is -2.29. The molecule has 1 aromatic heterocycles. The van der Waals surface area contributed by atoms with Gasteiger partial charge in [-0.1, -0.05) is 0 Å². The largest absolute Gasteiger partial charge is 0.465 e. The second kappa shape index (κ2) is 6.29. The number of carbonyl (C=O) groups is 1. The molecule has 0 amide bonds. The number of aromatic nitrogens is 1. The minimum absolute atomic E-state index is 0.237. The number of rotatable bonds is 5. The van der Waals surface area contributed by atoms with Crippen molar-refractivity contribution in [3.63, 3.8) is 0 Å². The van der Waals surface area contributed by atoms with Gasteiger partial charge >= 0.3 is 5.97 Å². The summed E-state index contributed by atoms with van der Waals surface area (Å²) in [7, 11) is 2.93. The van der Waals surface area contributed by atoms with Crippen LogP contribution >= 0.6 is 0 Å². The predicted octanol–water partition coefficient (Wildman–Crippen LogP) is -0.518. The van der Waals surface area contributed by atoms with Crippen LogP contribution in [0.15, 0.2) is 18.5 Å². The molecule has 6 nitrogen and oxygen atoms in total. The number of nitrogens with one attached hydrogen (secondary N) is 1. The highest BCUT2D eigenvalue weighted by molar-refractivity contribution is 5.89. The van der Waals surface area contributed by atoms with Gasteiger partial charge in [-0.15, -0.1) is 0 Å². The molecule has 0 spiro atoms. The summed E-state index contributed by atoms with van der Waals surface area (Å²) in [6.07, 6.45) is 0.678. The fourth-order valence-electron chi connectivity index (χ4n) is 1.39. The van der Waals surface area contributed by atoms with Gasteiger partial charge in [-0.3, -0.25) is 4.98 Å². The Morgan fingerprint density at radius 2 is 2.24 bits per heavy atom. The summed E-state index contributed by atoms with van der Waals surface area (Å²) in [5.41, 5.74) is 0.608. The number of aliphatic hydroxyl groups excluding tert-OH is 2. The van der Waals surface area contributed by atoms with E-state index in [2.05, 4.69) is 15.0 Å². The molecule has 0 aromatic carbocycles. The first-order chi connectivity index (χ1) is 8.10. The first-order valence-corrected chi connectivity index (χ1v) is 5.14.